The molecule has 0 aliphatic heterocycles. The molecule has 0 unspecified atom stereocenters. The quantitative estimate of drug-likeness (QED) is 0.939. The first-order valence-corrected chi connectivity index (χ1v) is 6.26. The van der Waals surface area contributed by atoms with Crippen LogP contribution < -0.4 is 5.32 Å². The van der Waals surface area contributed by atoms with E-state index in [0.29, 0.717) is 5.56 Å². The van der Waals surface area contributed by atoms with E-state index in [2.05, 4.69) is 37.5 Å². The average Bonchev–Trinajstić information content (AvgIpc) is 2.77. The Morgan fingerprint density at radius 1 is 1.50 bits per heavy atom. The molecule has 0 aliphatic rings. The van der Waals surface area contributed by atoms with Gasteiger partial charge >= 0.3 is 0 Å². The van der Waals surface area contributed by atoms with Crippen LogP contribution in [0.15, 0.2) is 29.0 Å². The van der Waals surface area contributed by atoms with Gasteiger partial charge in [-0.25, -0.2) is 0 Å². The Morgan fingerprint density at radius 2 is 2.33 bits per heavy atom. The number of hydrogen-bond acceptors (Lipinski definition) is 4. The van der Waals surface area contributed by atoms with Crippen molar-refractivity contribution < 1.29 is 0 Å². The summed E-state index contributed by atoms with van der Waals surface area (Å²) in [6.45, 7) is 0.761. The molecule has 0 bridgehead atoms. The summed E-state index contributed by atoms with van der Waals surface area (Å²) in [5.74, 6) is 0.937. The molecule has 0 radical (unpaired) electrons. The molecule has 0 spiro atoms. The van der Waals surface area contributed by atoms with Crippen molar-refractivity contribution in [3.63, 3.8) is 0 Å². The topological polar surface area (TPSA) is 66.5 Å². The van der Waals surface area contributed by atoms with Gasteiger partial charge in [0.25, 0.3) is 0 Å². The monoisotopic (exact) mass is 305 g/mol. The summed E-state index contributed by atoms with van der Waals surface area (Å²) in [5.41, 5.74) is 1.61. The van der Waals surface area contributed by atoms with E-state index in [4.69, 9.17) is 5.26 Å². The maximum absolute atomic E-state index is 8.78. The highest BCUT2D eigenvalue weighted by molar-refractivity contribution is 9.10. The second kappa shape index (κ2) is 5.65. The summed E-state index contributed by atoms with van der Waals surface area (Å²) in [7, 11) is 1.92. The van der Waals surface area contributed by atoms with Gasteiger partial charge in [0.2, 0.25) is 0 Å². The number of nitrogens with zero attached hydrogens (tertiary/aromatic N) is 4. The van der Waals surface area contributed by atoms with Crippen molar-refractivity contribution >= 4 is 21.6 Å². The number of aromatic nitrogens is 3. The largest absolute Gasteiger partial charge is 0.384 e. The van der Waals surface area contributed by atoms with Gasteiger partial charge in [-0.2, -0.15) is 5.26 Å². The van der Waals surface area contributed by atoms with E-state index in [-0.39, 0.29) is 0 Å². The fourth-order valence-electron chi connectivity index (χ4n) is 1.57. The zero-order valence-electron chi connectivity index (χ0n) is 9.89. The Bertz CT molecular complexity index is 584. The first-order valence-electron chi connectivity index (χ1n) is 5.47. The number of anilines is 1. The van der Waals surface area contributed by atoms with Crippen LogP contribution in [0.5, 0.6) is 0 Å². The highest BCUT2D eigenvalue weighted by Crippen LogP contribution is 2.23. The first kappa shape index (κ1) is 12.6. The van der Waals surface area contributed by atoms with Crippen LogP contribution in [0.3, 0.4) is 0 Å². The number of benzene rings is 1. The van der Waals surface area contributed by atoms with Crippen molar-refractivity contribution in [2.75, 3.05) is 11.9 Å². The lowest BCUT2D eigenvalue weighted by Gasteiger charge is -2.08. The lowest BCUT2D eigenvalue weighted by atomic mass is 10.2. The third-order valence-corrected chi connectivity index (χ3v) is 3.22. The highest BCUT2D eigenvalue weighted by atomic mass is 79.9. The Morgan fingerprint density at radius 3 is 2.94 bits per heavy atom. The molecule has 1 heterocycles. The lowest BCUT2D eigenvalue weighted by molar-refractivity contribution is 0.788. The van der Waals surface area contributed by atoms with Crippen LogP contribution in [-0.2, 0) is 13.5 Å². The van der Waals surface area contributed by atoms with Crippen LogP contribution in [0.25, 0.3) is 0 Å². The van der Waals surface area contributed by atoms with E-state index in [1.165, 1.54) is 0 Å². The van der Waals surface area contributed by atoms with Crippen LogP contribution >= 0.6 is 15.9 Å². The van der Waals surface area contributed by atoms with Gasteiger partial charge in [0, 0.05) is 30.2 Å². The van der Waals surface area contributed by atoms with Crippen LogP contribution in [0, 0.1) is 11.3 Å². The second-order valence-electron chi connectivity index (χ2n) is 3.84. The molecule has 1 N–H and O–H groups in total. The molecule has 0 saturated heterocycles. The molecule has 0 atom stereocenters. The molecule has 18 heavy (non-hydrogen) atoms. The average molecular weight is 306 g/mol. The van der Waals surface area contributed by atoms with Gasteiger partial charge in [-0.1, -0.05) is 0 Å². The molecule has 2 rings (SSSR count). The van der Waals surface area contributed by atoms with Crippen LogP contribution in [0.4, 0.5) is 5.69 Å². The third-order valence-electron chi connectivity index (χ3n) is 2.57. The van der Waals surface area contributed by atoms with E-state index in [9.17, 15) is 0 Å². The van der Waals surface area contributed by atoms with E-state index >= 15 is 0 Å². The first-order chi connectivity index (χ1) is 8.70. The summed E-state index contributed by atoms with van der Waals surface area (Å²) < 4.78 is 2.79. The van der Waals surface area contributed by atoms with Gasteiger partial charge in [0.05, 0.1) is 11.6 Å². The predicted molar refractivity (Wildman–Crippen MR) is 72.1 cm³/mol. The molecule has 5 nitrogen and oxygen atoms in total. The number of rotatable bonds is 4. The summed E-state index contributed by atoms with van der Waals surface area (Å²) in [6, 6.07) is 7.57. The molecule has 6 heteroatoms. The number of hydrogen-bond donors (Lipinski definition) is 1. The SMILES string of the molecule is Cn1cnnc1CCNc1ccc(C#N)cc1Br. The predicted octanol–water partition coefficient (Wildman–Crippen LogP) is 2.10. The van der Waals surface area contributed by atoms with Crippen molar-refractivity contribution in [1.29, 1.82) is 5.26 Å². The lowest BCUT2D eigenvalue weighted by Crippen LogP contribution is -2.09. The summed E-state index contributed by atoms with van der Waals surface area (Å²) >= 11 is 3.43. The summed E-state index contributed by atoms with van der Waals surface area (Å²) in [4.78, 5) is 0. The Kier molecular flexibility index (Phi) is 3.95. The molecular weight excluding hydrogens is 294 g/mol. The minimum atomic E-state index is 0.640. The maximum atomic E-state index is 8.78. The van der Waals surface area contributed by atoms with Crippen molar-refractivity contribution in [1.82, 2.24) is 14.8 Å². The third kappa shape index (κ3) is 2.87. The highest BCUT2D eigenvalue weighted by Gasteiger charge is 2.03. The Labute approximate surface area is 114 Å². The normalized spacial score (nSPS) is 10.1. The van der Waals surface area contributed by atoms with Gasteiger partial charge in [-0.05, 0) is 34.1 Å². The fraction of sp³-hybridized carbons (Fsp3) is 0.250. The van der Waals surface area contributed by atoms with Gasteiger partial charge in [-0.3, -0.25) is 0 Å². The van der Waals surface area contributed by atoms with Crippen molar-refractivity contribution in [3.05, 3.63) is 40.4 Å². The number of nitriles is 1. The van der Waals surface area contributed by atoms with Crippen molar-refractivity contribution in [2.45, 2.75) is 6.42 Å². The molecule has 0 amide bonds. The van der Waals surface area contributed by atoms with E-state index in [0.717, 1.165) is 29.0 Å². The van der Waals surface area contributed by atoms with Gasteiger partial charge in [0.15, 0.2) is 0 Å². The number of halogens is 1. The zero-order chi connectivity index (χ0) is 13.0. The number of nitrogens with one attached hydrogen (secondary N) is 1. The maximum Gasteiger partial charge on any atom is 0.134 e. The van der Waals surface area contributed by atoms with Gasteiger partial charge in [0.1, 0.15) is 12.2 Å². The standard InChI is InChI=1S/C12H12BrN5/c1-18-8-16-17-12(18)4-5-15-11-3-2-9(7-14)6-10(11)13/h2-3,6,8,15H,4-5H2,1H3. The molecular formula is C12H12BrN5. The molecule has 92 valence electrons. The summed E-state index contributed by atoms with van der Waals surface area (Å²) in [6.07, 6.45) is 2.48. The molecule has 1 aromatic carbocycles. The molecule has 0 fully saturated rings. The smallest absolute Gasteiger partial charge is 0.134 e. The molecule has 2 aromatic rings. The fourth-order valence-corrected chi connectivity index (χ4v) is 2.09. The Hall–Kier alpha value is -1.87. The summed E-state index contributed by atoms with van der Waals surface area (Å²) in [5, 5.41) is 19.9. The number of aryl methyl sites for hydroxylation is 1. The molecule has 0 aliphatic carbocycles. The zero-order valence-corrected chi connectivity index (χ0v) is 11.5. The molecule has 1 aromatic heterocycles. The minimum Gasteiger partial charge on any atom is -0.384 e. The second-order valence-corrected chi connectivity index (χ2v) is 4.70. The van der Waals surface area contributed by atoms with E-state index < -0.39 is 0 Å². The van der Waals surface area contributed by atoms with Gasteiger partial charge in [-0.15, -0.1) is 10.2 Å². The van der Waals surface area contributed by atoms with Crippen LogP contribution in [0.2, 0.25) is 0 Å². The van der Waals surface area contributed by atoms with Gasteiger partial charge < -0.3 is 9.88 Å². The Balaban J connectivity index is 1.95. The van der Waals surface area contributed by atoms with Crippen molar-refractivity contribution in [3.8, 4) is 6.07 Å². The van der Waals surface area contributed by atoms with E-state index in [1.54, 1.807) is 18.5 Å². The van der Waals surface area contributed by atoms with Crippen LogP contribution in [-0.4, -0.2) is 21.3 Å². The van der Waals surface area contributed by atoms with Crippen molar-refractivity contribution in [2.24, 2.45) is 7.05 Å². The minimum absolute atomic E-state index is 0.640. The van der Waals surface area contributed by atoms with Crippen LogP contribution in [0.1, 0.15) is 11.4 Å². The van der Waals surface area contributed by atoms with E-state index in [1.807, 2.05) is 17.7 Å². The molecule has 0 saturated carbocycles.